The number of nitrogens with one attached hydrogen (secondary N) is 1. The maximum Gasteiger partial charge on any atom is 0.284 e. The largest absolute Gasteiger partial charge is 0.485 e. The molecule has 3 rings (SSSR count). The molecule has 0 unspecified atom stereocenters. The Bertz CT molecular complexity index is 707. The number of halogens is 1. The van der Waals surface area contributed by atoms with Gasteiger partial charge in [-0.25, -0.2) is 5.43 Å². The molecular weight excluding hydrogens is 352 g/mol. The van der Waals surface area contributed by atoms with E-state index in [1.54, 1.807) is 18.2 Å². The van der Waals surface area contributed by atoms with Gasteiger partial charge in [0, 0.05) is 6.07 Å². The van der Waals surface area contributed by atoms with E-state index >= 15 is 0 Å². The van der Waals surface area contributed by atoms with Gasteiger partial charge in [-0.2, -0.15) is 5.10 Å². The number of carbonyl (C=O) groups excluding carboxylic acids is 1. The van der Waals surface area contributed by atoms with Gasteiger partial charge >= 0.3 is 0 Å². The first kappa shape index (κ1) is 14.6. The van der Waals surface area contributed by atoms with Gasteiger partial charge in [-0.15, -0.1) is 0 Å². The number of amides is 1. The lowest BCUT2D eigenvalue weighted by molar-refractivity contribution is -0.130. The Morgan fingerprint density at radius 3 is 2.91 bits per heavy atom. The molecule has 1 aromatic heterocycles. The topological polar surface area (TPSA) is 73.1 Å². The molecule has 1 N–H and O–H groups in total. The summed E-state index contributed by atoms with van der Waals surface area (Å²) in [4.78, 5) is 12.0. The normalized spacial score (nSPS) is 16.7. The molecule has 114 valence electrons. The molecule has 0 saturated carbocycles. The number of carbonyl (C=O) groups is 1. The van der Waals surface area contributed by atoms with Gasteiger partial charge in [0.05, 0.1) is 10.7 Å². The van der Waals surface area contributed by atoms with Crippen LogP contribution in [0.25, 0.3) is 0 Å². The third kappa shape index (κ3) is 3.14. The number of aryl methyl sites for hydroxylation is 1. The highest BCUT2D eigenvalue weighted by Crippen LogP contribution is 2.30. The van der Waals surface area contributed by atoms with Crippen molar-refractivity contribution in [2.24, 2.45) is 5.10 Å². The first-order valence-electron chi connectivity index (χ1n) is 6.61. The van der Waals surface area contributed by atoms with Crippen molar-refractivity contribution in [3.63, 3.8) is 0 Å². The minimum Gasteiger partial charge on any atom is -0.485 e. The van der Waals surface area contributed by atoms with Crippen LogP contribution < -0.4 is 14.9 Å². The average molecular weight is 365 g/mol. The van der Waals surface area contributed by atoms with Crippen molar-refractivity contribution in [3.05, 3.63) is 46.3 Å². The number of hydrazone groups is 1. The lowest BCUT2D eigenvalue weighted by atomic mass is 10.2. The highest BCUT2D eigenvalue weighted by Gasteiger charge is 2.26. The summed E-state index contributed by atoms with van der Waals surface area (Å²) in [6, 6.07) is 8.97. The Hall–Kier alpha value is -2.28. The van der Waals surface area contributed by atoms with Crippen LogP contribution in [0.4, 0.5) is 0 Å². The number of fused-ring (bicyclic) bond motifs is 1. The van der Waals surface area contributed by atoms with Gasteiger partial charge in [0.2, 0.25) is 6.10 Å². The number of para-hydroxylation sites is 2. The lowest BCUT2D eigenvalue weighted by Gasteiger charge is -2.24. The predicted octanol–water partition coefficient (Wildman–Crippen LogP) is 2.64. The molecule has 0 fully saturated rings. The number of rotatable bonds is 3. The summed E-state index contributed by atoms with van der Waals surface area (Å²) in [5, 5.41) is 3.85. The zero-order valence-electron chi connectivity index (χ0n) is 11.7. The molecule has 22 heavy (non-hydrogen) atoms. The molecule has 1 aliphatic rings. The molecule has 0 spiro atoms. The minimum absolute atomic E-state index is 0.143. The van der Waals surface area contributed by atoms with Gasteiger partial charge in [-0.1, -0.05) is 12.1 Å². The summed E-state index contributed by atoms with van der Waals surface area (Å²) in [5.41, 5.74) is 2.41. The van der Waals surface area contributed by atoms with Crippen molar-refractivity contribution >= 4 is 28.1 Å². The maximum atomic E-state index is 12.0. The second-order valence-electron chi connectivity index (χ2n) is 4.65. The monoisotopic (exact) mass is 364 g/mol. The second-order valence-corrected chi connectivity index (χ2v) is 5.51. The number of benzene rings is 1. The van der Waals surface area contributed by atoms with E-state index in [1.165, 1.54) is 6.21 Å². The van der Waals surface area contributed by atoms with E-state index in [0.717, 1.165) is 10.2 Å². The maximum absolute atomic E-state index is 12.0. The fourth-order valence-corrected chi connectivity index (χ4v) is 2.23. The standard InChI is InChI=1S/C15H13BrN2O4/c1-9-11(16)6-10(21-9)7-17-18-15(19)14-8-20-12-4-2-3-5-13(12)22-14/h2-7,14H,8H2,1H3,(H,18,19)/b17-7-/t14-/m1/s1. The average Bonchev–Trinajstić information content (AvgIpc) is 2.85. The zero-order chi connectivity index (χ0) is 15.5. The number of nitrogens with zero attached hydrogens (tertiary/aromatic N) is 1. The van der Waals surface area contributed by atoms with Gasteiger partial charge in [0.1, 0.15) is 18.1 Å². The predicted molar refractivity (Wildman–Crippen MR) is 83.2 cm³/mol. The molecule has 2 heterocycles. The quantitative estimate of drug-likeness (QED) is 0.671. The van der Waals surface area contributed by atoms with Gasteiger partial charge < -0.3 is 13.9 Å². The smallest absolute Gasteiger partial charge is 0.284 e. The highest BCUT2D eigenvalue weighted by molar-refractivity contribution is 9.10. The minimum atomic E-state index is -0.739. The van der Waals surface area contributed by atoms with Crippen LogP contribution in [0.15, 0.2) is 44.3 Å². The Kier molecular flexibility index (Phi) is 4.15. The van der Waals surface area contributed by atoms with E-state index in [-0.39, 0.29) is 12.5 Å². The Balaban J connectivity index is 1.59. The summed E-state index contributed by atoms with van der Waals surface area (Å²) in [6.07, 6.45) is 0.685. The molecule has 1 atom stereocenters. The molecule has 2 aromatic rings. The van der Waals surface area contributed by atoms with Crippen molar-refractivity contribution in [1.29, 1.82) is 0 Å². The molecule has 1 aromatic carbocycles. The number of hydrogen-bond acceptors (Lipinski definition) is 5. The van der Waals surface area contributed by atoms with E-state index in [2.05, 4.69) is 26.5 Å². The Labute approximate surface area is 135 Å². The molecule has 0 bridgehead atoms. The zero-order valence-corrected chi connectivity index (χ0v) is 13.3. The van der Waals surface area contributed by atoms with Gasteiger partial charge in [0.15, 0.2) is 11.5 Å². The van der Waals surface area contributed by atoms with E-state index in [9.17, 15) is 4.79 Å². The van der Waals surface area contributed by atoms with E-state index < -0.39 is 6.10 Å². The van der Waals surface area contributed by atoms with Crippen molar-refractivity contribution in [3.8, 4) is 11.5 Å². The molecule has 6 nitrogen and oxygen atoms in total. The van der Waals surface area contributed by atoms with Crippen LogP contribution in [0.5, 0.6) is 11.5 Å². The van der Waals surface area contributed by atoms with Gasteiger partial charge in [-0.05, 0) is 35.0 Å². The third-order valence-electron chi connectivity index (χ3n) is 3.04. The Morgan fingerprint density at radius 2 is 2.18 bits per heavy atom. The van der Waals surface area contributed by atoms with Crippen LogP contribution in [-0.4, -0.2) is 24.8 Å². The number of hydrogen-bond donors (Lipinski definition) is 1. The summed E-state index contributed by atoms with van der Waals surface area (Å²) < 4.78 is 17.3. The summed E-state index contributed by atoms with van der Waals surface area (Å²) >= 11 is 3.34. The van der Waals surface area contributed by atoms with Crippen LogP contribution in [-0.2, 0) is 4.79 Å². The fourth-order valence-electron chi connectivity index (χ4n) is 1.93. The van der Waals surface area contributed by atoms with Crippen LogP contribution in [0, 0.1) is 6.92 Å². The molecule has 1 aliphatic heterocycles. The first-order valence-corrected chi connectivity index (χ1v) is 7.40. The van der Waals surface area contributed by atoms with Crippen LogP contribution >= 0.6 is 15.9 Å². The second kappa shape index (κ2) is 6.23. The first-order chi connectivity index (χ1) is 10.6. The molecule has 7 heteroatoms. The molecule has 0 radical (unpaired) electrons. The lowest BCUT2D eigenvalue weighted by Crippen LogP contribution is -2.42. The van der Waals surface area contributed by atoms with Crippen molar-refractivity contribution < 1.29 is 18.7 Å². The summed E-state index contributed by atoms with van der Waals surface area (Å²) in [6.45, 7) is 1.97. The van der Waals surface area contributed by atoms with E-state index in [0.29, 0.717) is 17.3 Å². The van der Waals surface area contributed by atoms with Gasteiger partial charge in [-0.3, -0.25) is 4.79 Å². The van der Waals surface area contributed by atoms with Crippen molar-refractivity contribution in [1.82, 2.24) is 5.43 Å². The third-order valence-corrected chi connectivity index (χ3v) is 3.83. The number of ether oxygens (including phenoxy) is 2. The van der Waals surface area contributed by atoms with E-state index in [4.69, 9.17) is 13.9 Å². The molecule has 1 amide bonds. The van der Waals surface area contributed by atoms with E-state index in [1.807, 2.05) is 19.1 Å². The van der Waals surface area contributed by atoms with Crippen LogP contribution in [0.1, 0.15) is 11.5 Å². The van der Waals surface area contributed by atoms with Crippen molar-refractivity contribution in [2.75, 3.05) is 6.61 Å². The van der Waals surface area contributed by atoms with Crippen LogP contribution in [0.3, 0.4) is 0 Å². The SMILES string of the molecule is Cc1oc(/C=N\NC(=O)[C@H]2COc3ccccc3O2)cc1Br. The number of furan rings is 1. The molecule has 0 saturated heterocycles. The highest BCUT2D eigenvalue weighted by atomic mass is 79.9. The molecular formula is C15H13BrN2O4. The summed E-state index contributed by atoms with van der Waals surface area (Å²) in [5.74, 6) is 2.08. The van der Waals surface area contributed by atoms with Gasteiger partial charge in [0.25, 0.3) is 5.91 Å². The van der Waals surface area contributed by atoms with Crippen LogP contribution in [0.2, 0.25) is 0 Å². The fraction of sp³-hybridized carbons (Fsp3) is 0.200. The summed E-state index contributed by atoms with van der Waals surface area (Å²) in [7, 11) is 0. The Morgan fingerprint density at radius 1 is 1.41 bits per heavy atom. The van der Waals surface area contributed by atoms with Crippen molar-refractivity contribution in [2.45, 2.75) is 13.0 Å². The molecule has 0 aliphatic carbocycles.